The van der Waals surface area contributed by atoms with E-state index in [1.54, 1.807) is 25.1 Å². The number of anilines is 1. The maximum absolute atomic E-state index is 13.0. The topological polar surface area (TPSA) is 38.3 Å². The van der Waals surface area contributed by atoms with Gasteiger partial charge in [-0.15, -0.1) is 0 Å². The van der Waals surface area contributed by atoms with Crippen molar-refractivity contribution < 1.29 is 13.9 Å². The molecule has 0 radical (unpaired) electrons. The van der Waals surface area contributed by atoms with Crippen LogP contribution < -0.4 is 10.1 Å². The Bertz CT molecular complexity index is 601. The van der Waals surface area contributed by atoms with Gasteiger partial charge in [-0.05, 0) is 49.4 Å². The highest BCUT2D eigenvalue weighted by Crippen LogP contribution is 2.18. The molecule has 0 saturated carbocycles. The first-order valence-corrected chi connectivity index (χ1v) is 6.82. The third kappa shape index (κ3) is 4.06. The number of rotatable bonds is 4. The minimum atomic E-state index is -0.681. The Morgan fingerprint density at radius 1 is 1.25 bits per heavy atom. The lowest BCUT2D eigenvalue weighted by Crippen LogP contribution is -2.30. The molecule has 0 aliphatic carbocycles. The summed E-state index contributed by atoms with van der Waals surface area (Å²) in [4.78, 5) is 11.9. The molecule has 0 bridgehead atoms. The third-order valence-corrected chi connectivity index (χ3v) is 3.12. The summed E-state index contributed by atoms with van der Waals surface area (Å²) in [5.41, 5.74) is 0.404. The van der Waals surface area contributed by atoms with E-state index in [1.165, 1.54) is 18.2 Å². The zero-order valence-electron chi connectivity index (χ0n) is 10.8. The molecule has 0 unspecified atom stereocenters. The molecule has 0 fully saturated rings. The van der Waals surface area contributed by atoms with Crippen molar-refractivity contribution >= 4 is 27.5 Å². The second-order valence-corrected chi connectivity index (χ2v) is 5.13. The number of carbonyl (C=O) groups is 1. The monoisotopic (exact) mass is 337 g/mol. The van der Waals surface area contributed by atoms with Crippen molar-refractivity contribution in [2.24, 2.45) is 0 Å². The first-order chi connectivity index (χ1) is 9.54. The molecule has 1 atom stereocenters. The van der Waals surface area contributed by atoms with Crippen molar-refractivity contribution in [1.29, 1.82) is 0 Å². The highest BCUT2D eigenvalue weighted by atomic mass is 79.9. The molecule has 20 heavy (non-hydrogen) atoms. The normalized spacial score (nSPS) is 11.8. The van der Waals surface area contributed by atoms with Crippen LogP contribution in [0.1, 0.15) is 6.92 Å². The van der Waals surface area contributed by atoms with Crippen LogP contribution >= 0.6 is 15.9 Å². The maximum Gasteiger partial charge on any atom is 0.265 e. The van der Waals surface area contributed by atoms with E-state index in [1.807, 2.05) is 12.1 Å². The Hall–Kier alpha value is -1.88. The Balaban J connectivity index is 1.96. The minimum Gasteiger partial charge on any atom is -0.481 e. The molecule has 0 aliphatic rings. The Kier molecular flexibility index (Phi) is 4.74. The first-order valence-electron chi connectivity index (χ1n) is 6.03. The smallest absolute Gasteiger partial charge is 0.265 e. The van der Waals surface area contributed by atoms with Crippen LogP contribution in [-0.2, 0) is 4.79 Å². The van der Waals surface area contributed by atoms with Gasteiger partial charge in [-0.3, -0.25) is 4.79 Å². The molecule has 0 saturated heterocycles. The fourth-order valence-electron chi connectivity index (χ4n) is 1.58. The van der Waals surface area contributed by atoms with Gasteiger partial charge >= 0.3 is 0 Å². The molecule has 2 aromatic rings. The molecule has 0 spiro atoms. The second kappa shape index (κ2) is 6.52. The highest BCUT2D eigenvalue weighted by Gasteiger charge is 2.15. The number of halogens is 2. The van der Waals surface area contributed by atoms with Gasteiger partial charge in [-0.2, -0.15) is 0 Å². The number of hydrogen-bond donors (Lipinski definition) is 1. The predicted octanol–water partition coefficient (Wildman–Crippen LogP) is 3.99. The number of carbonyl (C=O) groups excluding carboxylic acids is 1. The summed E-state index contributed by atoms with van der Waals surface area (Å²) in [6, 6.07) is 12.9. The van der Waals surface area contributed by atoms with Crippen LogP contribution in [-0.4, -0.2) is 12.0 Å². The van der Waals surface area contributed by atoms with Gasteiger partial charge in [0.2, 0.25) is 0 Å². The highest BCUT2D eigenvalue weighted by molar-refractivity contribution is 9.10. The first kappa shape index (κ1) is 14.5. The maximum atomic E-state index is 13.0. The lowest BCUT2D eigenvalue weighted by molar-refractivity contribution is -0.122. The molecule has 0 aliphatic heterocycles. The second-order valence-electron chi connectivity index (χ2n) is 4.21. The summed E-state index contributed by atoms with van der Waals surface area (Å²) in [5, 5.41) is 2.60. The standard InChI is InChI=1S/C15H13BrFNO2/c1-10(20-14-7-5-11(16)6-8-14)15(19)18-13-4-2-3-12(17)9-13/h2-10H,1H3,(H,18,19)/t10-/m1/s1. The minimum absolute atomic E-state index is 0.335. The molecule has 3 nitrogen and oxygen atoms in total. The van der Waals surface area contributed by atoms with Crippen molar-refractivity contribution in [3.05, 3.63) is 58.8 Å². The van der Waals surface area contributed by atoms with Gasteiger partial charge in [0.05, 0.1) is 0 Å². The lowest BCUT2D eigenvalue weighted by atomic mass is 10.3. The van der Waals surface area contributed by atoms with Crippen LogP contribution in [0.3, 0.4) is 0 Å². The lowest BCUT2D eigenvalue weighted by Gasteiger charge is -2.14. The van der Waals surface area contributed by atoms with Crippen molar-refractivity contribution in [2.45, 2.75) is 13.0 Å². The molecule has 2 aromatic carbocycles. The van der Waals surface area contributed by atoms with Crippen molar-refractivity contribution in [3.63, 3.8) is 0 Å². The predicted molar refractivity (Wildman–Crippen MR) is 79.3 cm³/mol. The number of nitrogens with one attached hydrogen (secondary N) is 1. The van der Waals surface area contributed by atoms with Gasteiger partial charge in [0, 0.05) is 10.2 Å². The molecule has 0 aromatic heterocycles. The van der Waals surface area contributed by atoms with Crippen molar-refractivity contribution in [2.75, 3.05) is 5.32 Å². The van der Waals surface area contributed by atoms with Crippen molar-refractivity contribution in [1.82, 2.24) is 0 Å². The van der Waals surface area contributed by atoms with E-state index in [2.05, 4.69) is 21.2 Å². The average Bonchev–Trinajstić information content (AvgIpc) is 2.41. The fourth-order valence-corrected chi connectivity index (χ4v) is 1.85. The van der Waals surface area contributed by atoms with Gasteiger partial charge < -0.3 is 10.1 Å². The van der Waals surface area contributed by atoms with E-state index in [9.17, 15) is 9.18 Å². The van der Waals surface area contributed by atoms with E-state index in [0.29, 0.717) is 11.4 Å². The average molecular weight is 338 g/mol. The molecule has 0 heterocycles. The molecule has 2 rings (SSSR count). The summed E-state index contributed by atoms with van der Waals surface area (Å²) < 4.78 is 19.5. The van der Waals surface area contributed by atoms with Gasteiger partial charge in [0.15, 0.2) is 6.10 Å². The van der Waals surface area contributed by atoms with Crippen LogP contribution in [0.4, 0.5) is 10.1 Å². The van der Waals surface area contributed by atoms with Crippen molar-refractivity contribution in [3.8, 4) is 5.75 Å². The quantitative estimate of drug-likeness (QED) is 0.915. The van der Waals surface area contributed by atoms with Gasteiger partial charge in [0.25, 0.3) is 5.91 Å². The Labute approximate surface area is 124 Å². The summed E-state index contributed by atoms with van der Waals surface area (Å²) >= 11 is 3.32. The van der Waals surface area contributed by atoms with E-state index in [0.717, 1.165) is 4.47 Å². The molecule has 104 valence electrons. The third-order valence-electron chi connectivity index (χ3n) is 2.59. The molecule has 1 amide bonds. The van der Waals surface area contributed by atoms with Gasteiger partial charge in [-0.1, -0.05) is 22.0 Å². The Morgan fingerprint density at radius 2 is 1.95 bits per heavy atom. The molecule has 1 N–H and O–H groups in total. The SMILES string of the molecule is C[C@@H](Oc1ccc(Br)cc1)C(=O)Nc1cccc(F)c1. The summed E-state index contributed by atoms with van der Waals surface area (Å²) in [6.45, 7) is 1.64. The molecular formula is C15H13BrFNO2. The van der Waals surface area contributed by atoms with Crippen LogP contribution in [0.5, 0.6) is 5.75 Å². The van der Waals surface area contributed by atoms with Crippen LogP contribution in [0.15, 0.2) is 53.0 Å². The van der Waals surface area contributed by atoms with E-state index >= 15 is 0 Å². The summed E-state index contributed by atoms with van der Waals surface area (Å²) in [7, 11) is 0. The molecular weight excluding hydrogens is 325 g/mol. The van der Waals surface area contributed by atoms with E-state index in [4.69, 9.17) is 4.74 Å². The summed E-state index contributed by atoms with van der Waals surface area (Å²) in [6.07, 6.45) is -0.681. The van der Waals surface area contributed by atoms with Crippen LogP contribution in [0.2, 0.25) is 0 Å². The largest absolute Gasteiger partial charge is 0.481 e. The fraction of sp³-hybridized carbons (Fsp3) is 0.133. The molecule has 5 heteroatoms. The number of amides is 1. The van der Waals surface area contributed by atoms with Crippen LogP contribution in [0.25, 0.3) is 0 Å². The van der Waals surface area contributed by atoms with Gasteiger partial charge in [-0.25, -0.2) is 4.39 Å². The van der Waals surface area contributed by atoms with Gasteiger partial charge in [0.1, 0.15) is 11.6 Å². The zero-order chi connectivity index (χ0) is 14.5. The Morgan fingerprint density at radius 3 is 2.60 bits per heavy atom. The van der Waals surface area contributed by atoms with E-state index < -0.39 is 11.9 Å². The van der Waals surface area contributed by atoms with E-state index in [-0.39, 0.29) is 5.91 Å². The van der Waals surface area contributed by atoms with Crippen LogP contribution in [0, 0.1) is 5.82 Å². The number of ether oxygens (including phenoxy) is 1. The zero-order valence-corrected chi connectivity index (χ0v) is 12.4. The number of benzene rings is 2. The summed E-state index contributed by atoms with van der Waals surface area (Å²) in [5.74, 6) is -0.141. The number of hydrogen-bond acceptors (Lipinski definition) is 2.